The highest BCUT2D eigenvalue weighted by Crippen LogP contribution is 2.21. The number of fused-ring (bicyclic) bond motifs is 1. The average Bonchev–Trinajstić information content (AvgIpc) is 2.85. The summed E-state index contributed by atoms with van der Waals surface area (Å²) in [6, 6.07) is 0. The minimum Gasteiger partial charge on any atom is -0.390 e. The van der Waals surface area contributed by atoms with Crippen molar-refractivity contribution in [2.24, 2.45) is 0 Å². The van der Waals surface area contributed by atoms with E-state index in [4.69, 9.17) is 9.47 Å². The standard InChI is InChI=1S/C12H18N2O3S/c1-12(15,7-10(16-2)17-3)6-9-8-14-4-5-18-11(14)13-9/h4-5,8,10,15H,6-7H2,1-3H3. The Bertz CT molecular complexity index is 474. The van der Waals surface area contributed by atoms with Gasteiger partial charge in [-0.2, -0.15) is 0 Å². The van der Waals surface area contributed by atoms with E-state index in [1.54, 1.807) is 32.5 Å². The predicted octanol–water partition coefficient (Wildman–Crippen LogP) is 1.70. The van der Waals surface area contributed by atoms with E-state index in [0.29, 0.717) is 12.8 Å². The zero-order valence-electron chi connectivity index (χ0n) is 10.8. The van der Waals surface area contributed by atoms with Crippen LogP contribution in [0.1, 0.15) is 19.0 Å². The van der Waals surface area contributed by atoms with Gasteiger partial charge >= 0.3 is 0 Å². The summed E-state index contributed by atoms with van der Waals surface area (Å²) in [4.78, 5) is 5.40. The van der Waals surface area contributed by atoms with Crippen LogP contribution in [-0.2, 0) is 15.9 Å². The Kier molecular flexibility index (Phi) is 4.01. The number of hydrogen-bond acceptors (Lipinski definition) is 5. The van der Waals surface area contributed by atoms with Crippen molar-refractivity contribution in [3.05, 3.63) is 23.5 Å². The fraction of sp³-hybridized carbons (Fsp3) is 0.583. The van der Waals surface area contributed by atoms with Crippen LogP contribution in [0.15, 0.2) is 17.8 Å². The van der Waals surface area contributed by atoms with Gasteiger partial charge in [0.2, 0.25) is 0 Å². The van der Waals surface area contributed by atoms with Gasteiger partial charge in [-0.15, -0.1) is 11.3 Å². The Morgan fingerprint density at radius 3 is 2.83 bits per heavy atom. The van der Waals surface area contributed by atoms with Gasteiger partial charge in [0, 0.05) is 44.8 Å². The third kappa shape index (κ3) is 3.08. The largest absolute Gasteiger partial charge is 0.390 e. The van der Waals surface area contributed by atoms with Crippen LogP contribution < -0.4 is 0 Å². The molecule has 18 heavy (non-hydrogen) atoms. The van der Waals surface area contributed by atoms with Crippen molar-refractivity contribution in [2.75, 3.05) is 14.2 Å². The summed E-state index contributed by atoms with van der Waals surface area (Å²) in [6.45, 7) is 1.77. The first-order chi connectivity index (χ1) is 8.54. The molecule has 1 N–H and O–H groups in total. The minimum absolute atomic E-state index is 0.399. The lowest BCUT2D eigenvalue weighted by atomic mass is 9.96. The second-order valence-electron chi connectivity index (χ2n) is 4.60. The second-order valence-corrected chi connectivity index (χ2v) is 5.48. The van der Waals surface area contributed by atoms with Crippen molar-refractivity contribution >= 4 is 16.3 Å². The topological polar surface area (TPSA) is 56.0 Å². The fourth-order valence-corrected chi connectivity index (χ4v) is 2.66. The molecule has 0 saturated carbocycles. The highest BCUT2D eigenvalue weighted by Gasteiger charge is 2.27. The van der Waals surface area contributed by atoms with E-state index >= 15 is 0 Å². The van der Waals surface area contributed by atoms with Crippen LogP contribution in [0.3, 0.4) is 0 Å². The van der Waals surface area contributed by atoms with Crippen molar-refractivity contribution in [3.8, 4) is 0 Å². The summed E-state index contributed by atoms with van der Waals surface area (Å²) in [6.07, 6.45) is 4.38. The molecule has 1 unspecified atom stereocenters. The number of aromatic nitrogens is 2. The van der Waals surface area contributed by atoms with E-state index in [1.165, 1.54) is 0 Å². The summed E-state index contributed by atoms with van der Waals surface area (Å²) in [7, 11) is 3.13. The molecule has 2 aromatic heterocycles. The molecule has 0 aliphatic rings. The molecule has 0 spiro atoms. The van der Waals surface area contributed by atoms with E-state index < -0.39 is 11.9 Å². The Hall–Kier alpha value is -0.950. The van der Waals surface area contributed by atoms with Crippen LogP contribution in [0.4, 0.5) is 0 Å². The molecule has 0 radical (unpaired) electrons. The molecule has 2 aromatic rings. The lowest BCUT2D eigenvalue weighted by Crippen LogP contribution is -2.34. The van der Waals surface area contributed by atoms with Gasteiger partial charge in [-0.25, -0.2) is 4.98 Å². The lowest BCUT2D eigenvalue weighted by Gasteiger charge is -2.26. The number of ether oxygens (including phenoxy) is 2. The quantitative estimate of drug-likeness (QED) is 0.812. The molecule has 2 rings (SSSR count). The number of imidazole rings is 1. The van der Waals surface area contributed by atoms with Crippen molar-refractivity contribution in [1.82, 2.24) is 9.38 Å². The van der Waals surface area contributed by atoms with E-state index in [1.807, 2.05) is 22.2 Å². The summed E-state index contributed by atoms with van der Waals surface area (Å²) in [5.41, 5.74) is -0.0291. The maximum atomic E-state index is 10.4. The Morgan fingerprint density at radius 1 is 1.50 bits per heavy atom. The van der Waals surface area contributed by atoms with Gasteiger partial charge in [0.25, 0.3) is 0 Å². The lowest BCUT2D eigenvalue weighted by molar-refractivity contribution is -0.139. The van der Waals surface area contributed by atoms with E-state index in [2.05, 4.69) is 4.98 Å². The minimum atomic E-state index is -0.902. The SMILES string of the molecule is COC(CC(C)(O)Cc1cn2ccsc2n1)OC. The number of thiazole rings is 1. The van der Waals surface area contributed by atoms with Crippen molar-refractivity contribution in [1.29, 1.82) is 0 Å². The van der Waals surface area contributed by atoms with Gasteiger partial charge < -0.3 is 14.6 Å². The molecule has 100 valence electrons. The maximum absolute atomic E-state index is 10.4. The van der Waals surface area contributed by atoms with Crippen LogP contribution in [0.5, 0.6) is 0 Å². The highest BCUT2D eigenvalue weighted by molar-refractivity contribution is 7.15. The normalized spacial score (nSPS) is 15.4. The van der Waals surface area contributed by atoms with Gasteiger partial charge in [-0.1, -0.05) is 0 Å². The predicted molar refractivity (Wildman–Crippen MR) is 69.8 cm³/mol. The van der Waals surface area contributed by atoms with Crippen LogP contribution in [-0.4, -0.2) is 40.6 Å². The molecule has 5 nitrogen and oxygen atoms in total. The smallest absolute Gasteiger partial charge is 0.193 e. The van der Waals surface area contributed by atoms with Gasteiger partial charge in [0.05, 0.1) is 11.3 Å². The van der Waals surface area contributed by atoms with Crippen molar-refractivity contribution in [3.63, 3.8) is 0 Å². The van der Waals surface area contributed by atoms with Gasteiger partial charge in [0.1, 0.15) is 0 Å². The van der Waals surface area contributed by atoms with Crippen LogP contribution in [0.2, 0.25) is 0 Å². The summed E-state index contributed by atoms with van der Waals surface area (Å²) >= 11 is 1.58. The number of hydrogen-bond donors (Lipinski definition) is 1. The molecule has 0 fully saturated rings. The Balaban J connectivity index is 2.04. The molecule has 0 aliphatic carbocycles. The van der Waals surface area contributed by atoms with Gasteiger partial charge in [0.15, 0.2) is 11.3 Å². The van der Waals surface area contributed by atoms with Crippen molar-refractivity contribution < 1.29 is 14.6 Å². The first-order valence-corrected chi connectivity index (χ1v) is 6.61. The van der Waals surface area contributed by atoms with Gasteiger partial charge in [-0.3, -0.25) is 4.40 Å². The maximum Gasteiger partial charge on any atom is 0.193 e. The molecular weight excluding hydrogens is 252 g/mol. The second kappa shape index (κ2) is 5.36. The van der Waals surface area contributed by atoms with Gasteiger partial charge in [-0.05, 0) is 6.92 Å². The van der Waals surface area contributed by atoms with Crippen molar-refractivity contribution in [2.45, 2.75) is 31.7 Å². The molecule has 0 aromatic carbocycles. The first kappa shape index (κ1) is 13.5. The summed E-state index contributed by atoms with van der Waals surface area (Å²) in [5, 5.41) is 12.3. The molecule has 0 amide bonds. The first-order valence-electron chi connectivity index (χ1n) is 5.73. The zero-order valence-corrected chi connectivity index (χ0v) is 11.6. The molecule has 0 saturated heterocycles. The van der Waals surface area contributed by atoms with E-state index in [9.17, 15) is 5.11 Å². The fourth-order valence-electron chi connectivity index (χ4n) is 1.95. The number of methoxy groups -OCH3 is 2. The third-order valence-corrected chi connectivity index (χ3v) is 3.61. The Labute approximate surface area is 110 Å². The van der Waals surface area contributed by atoms with Crippen LogP contribution in [0, 0.1) is 0 Å². The summed E-state index contributed by atoms with van der Waals surface area (Å²) in [5.74, 6) is 0. The third-order valence-electron chi connectivity index (χ3n) is 2.84. The monoisotopic (exact) mass is 270 g/mol. The molecule has 2 heterocycles. The zero-order chi connectivity index (χ0) is 13.2. The summed E-state index contributed by atoms with van der Waals surface area (Å²) < 4.78 is 12.2. The molecular formula is C12H18N2O3S. The number of nitrogens with zero attached hydrogens (tertiary/aromatic N) is 2. The molecule has 6 heteroatoms. The molecule has 0 aliphatic heterocycles. The van der Waals surface area contributed by atoms with E-state index in [-0.39, 0.29) is 0 Å². The molecule has 1 atom stereocenters. The van der Waals surface area contributed by atoms with E-state index in [0.717, 1.165) is 10.7 Å². The van der Waals surface area contributed by atoms with Crippen LogP contribution >= 0.6 is 11.3 Å². The number of aliphatic hydroxyl groups is 1. The molecule has 0 bridgehead atoms. The highest BCUT2D eigenvalue weighted by atomic mass is 32.1. The average molecular weight is 270 g/mol. The number of rotatable bonds is 6. The Morgan fingerprint density at radius 2 is 2.22 bits per heavy atom. The van der Waals surface area contributed by atoms with Crippen LogP contribution in [0.25, 0.3) is 4.96 Å².